The predicted octanol–water partition coefficient (Wildman–Crippen LogP) is 2.54. The minimum atomic E-state index is -0.309. The van der Waals surface area contributed by atoms with Crippen LogP contribution in [0.25, 0.3) is 0 Å². The summed E-state index contributed by atoms with van der Waals surface area (Å²) in [4.78, 5) is 4.55. The first-order valence-electron chi connectivity index (χ1n) is 3.45. The molecule has 66 valence electrons. The van der Waals surface area contributed by atoms with Gasteiger partial charge in [-0.1, -0.05) is 6.07 Å². The zero-order valence-electron chi connectivity index (χ0n) is 6.55. The van der Waals surface area contributed by atoms with Crippen LogP contribution >= 0.6 is 15.9 Å². The molecule has 1 unspecified atom stereocenters. The number of halogens is 2. The third kappa shape index (κ3) is 2.03. The van der Waals surface area contributed by atoms with E-state index in [1.54, 1.807) is 19.1 Å². The molecule has 12 heavy (non-hydrogen) atoms. The summed E-state index contributed by atoms with van der Waals surface area (Å²) in [5, 5.41) is 0. The van der Waals surface area contributed by atoms with Gasteiger partial charge in [-0.25, -0.2) is 10.3 Å². The van der Waals surface area contributed by atoms with Crippen molar-refractivity contribution in [1.29, 1.82) is 0 Å². The molecule has 1 rings (SSSR count). The summed E-state index contributed by atoms with van der Waals surface area (Å²) < 4.78 is 13.4. The number of benzene rings is 1. The van der Waals surface area contributed by atoms with Gasteiger partial charge in [-0.05, 0) is 40.5 Å². The van der Waals surface area contributed by atoms with Gasteiger partial charge in [0.25, 0.3) is 0 Å². The van der Waals surface area contributed by atoms with Crippen LogP contribution in [0.5, 0.6) is 0 Å². The Morgan fingerprint density at radius 3 is 2.75 bits per heavy atom. The highest BCUT2D eigenvalue weighted by Gasteiger charge is 2.06. The van der Waals surface area contributed by atoms with Crippen molar-refractivity contribution < 1.29 is 9.23 Å². The Morgan fingerprint density at radius 1 is 1.58 bits per heavy atom. The van der Waals surface area contributed by atoms with E-state index < -0.39 is 0 Å². The quantitative estimate of drug-likeness (QED) is 0.798. The molecule has 0 fully saturated rings. The van der Waals surface area contributed by atoms with Gasteiger partial charge in [0.2, 0.25) is 0 Å². The van der Waals surface area contributed by atoms with E-state index in [0.717, 1.165) is 5.56 Å². The fourth-order valence-electron chi connectivity index (χ4n) is 0.844. The fourth-order valence-corrected chi connectivity index (χ4v) is 1.09. The highest BCUT2D eigenvalue weighted by Crippen LogP contribution is 2.21. The van der Waals surface area contributed by atoms with Crippen molar-refractivity contribution >= 4 is 15.9 Å². The first-order chi connectivity index (χ1) is 5.65. The third-order valence-corrected chi connectivity index (χ3v) is 2.26. The summed E-state index contributed by atoms with van der Waals surface area (Å²) in [5.74, 6) is 4.65. The summed E-state index contributed by atoms with van der Waals surface area (Å²) in [6.07, 6.45) is -0.285. The van der Waals surface area contributed by atoms with Crippen LogP contribution in [0, 0.1) is 5.82 Å². The number of hydrogen-bond donors (Lipinski definition) is 1. The molecule has 0 radical (unpaired) electrons. The van der Waals surface area contributed by atoms with Crippen LogP contribution in [0.2, 0.25) is 0 Å². The van der Waals surface area contributed by atoms with E-state index in [0.29, 0.717) is 4.47 Å². The van der Waals surface area contributed by atoms with Crippen molar-refractivity contribution in [2.75, 3.05) is 0 Å². The largest absolute Gasteiger partial charge is 0.297 e. The number of hydrogen-bond acceptors (Lipinski definition) is 2. The molecule has 1 aromatic rings. The molecule has 0 bridgehead atoms. The standard InChI is InChI=1S/C8H9BrFNO/c1-5(12-11)6-2-3-7(9)8(10)4-6/h2-5H,11H2,1H3. The van der Waals surface area contributed by atoms with Crippen LogP contribution in [0.4, 0.5) is 4.39 Å². The average molecular weight is 234 g/mol. The summed E-state index contributed by atoms with van der Waals surface area (Å²) in [7, 11) is 0. The maximum atomic E-state index is 12.9. The minimum absolute atomic E-state index is 0.285. The molecule has 1 atom stereocenters. The van der Waals surface area contributed by atoms with Crippen molar-refractivity contribution in [2.45, 2.75) is 13.0 Å². The molecule has 0 aliphatic rings. The van der Waals surface area contributed by atoms with Gasteiger partial charge >= 0.3 is 0 Å². The monoisotopic (exact) mass is 233 g/mol. The van der Waals surface area contributed by atoms with Crippen molar-refractivity contribution in [3.8, 4) is 0 Å². The second-order valence-electron chi connectivity index (χ2n) is 2.45. The molecular weight excluding hydrogens is 225 g/mol. The van der Waals surface area contributed by atoms with Gasteiger partial charge in [-0.2, -0.15) is 0 Å². The van der Waals surface area contributed by atoms with Crippen molar-refractivity contribution in [2.24, 2.45) is 5.90 Å². The highest BCUT2D eigenvalue weighted by atomic mass is 79.9. The lowest BCUT2D eigenvalue weighted by Gasteiger charge is -2.08. The average Bonchev–Trinajstić information content (AvgIpc) is 2.08. The van der Waals surface area contributed by atoms with Gasteiger partial charge in [0.05, 0.1) is 4.47 Å². The zero-order valence-corrected chi connectivity index (χ0v) is 8.14. The summed E-state index contributed by atoms with van der Waals surface area (Å²) in [6.45, 7) is 1.75. The lowest BCUT2D eigenvalue weighted by molar-refractivity contribution is 0.0662. The first kappa shape index (κ1) is 9.64. The van der Waals surface area contributed by atoms with Crippen LogP contribution in [-0.4, -0.2) is 0 Å². The topological polar surface area (TPSA) is 35.2 Å². The predicted molar refractivity (Wildman–Crippen MR) is 47.8 cm³/mol. The molecule has 1 aromatic carbocycles. The molecule has 4 heteroatoms. The molecule has 0 saturated carbocycles. The molecule has 0 amide bonds. The van der Waals surface area contributed by atoms with Crippen LogP contribution in [-0.2, 0) is 4.84 Å². The SMILES string of the molecule is CC(ON)c1ccc(Br)c(F)c1. The highest BCUT2D eigenvalue weighted by molar-refractivity contribution is 9.10. The van der Waals surface area contributed by atoms with E-state index in [2.05, 4.69) is 20.8 Å². The van der Waals surface area contributed by atoms with Crippen LogP contribution in [0.3, 0.4) is 0 Å². The van der Waals surface area contributed by atoms with Gasteiger partial charge < -0.3 is 0 Å². The van der Waals surface area contributed by atoms with E-state index in [-0.39, 0.29) is 11.9 Å². The zero-order chi connectivity index (χ0) is 9.14. The van der Waals surface area contributed by atoms with Crippen LogP contribution < -0.4 is 5.90 Å². The molecule has 0 aliphatic heterocycles. The normalized spacial score (nSPS) is 13.0. The summed E-state index contributed by atoms with van der Waals surface area (Å²) >= 11 is 3.05. The molecule has 0 spiro atoms. The third-order valence-electron chi connectivity index (χ3n) is 1.62. The van der Waals surface area contributed by atoms with Gasteiger partial charge in [-0.15, -0.1) is 0 Å². The smallest absolute Gasteiger partial charge is 0.137 e. The van der Waals surface area contributed by atoms with Crippen molar-refractivity contribution in [3.63, 3.8) is 0 Å². The van der Waals surface area contributed by atoms with E-state index in [1.165, 1.54) is 6.07 Å². The Hall–Kier alpha value is -0.450. The van der Waals surface area contributed by atoms with E-state index >= 15 is 0 Å². The van der Waals surface area contributed by atoms with E-state index in [9.17, 15) is 4.39 Å². The van der Waals surface area contributed by atoms with Crippen molar-refractivity contribution in [3.05, 3.63) is 34.1 Å². The number of rotatable bonds is 2. The molecule has 0 heterocycles. The van der Waals surface area contributed by atoms with E-state index in [1.807, 2.05) is 0 Å². The Balaban J connectivity index is 2.96. The molecule has 0 aliphatic carbocycles. The Bertz CT molecular complexity index is 280. The Morgan fingerprint density at radius 2 is 2.25 bits per heavy atom. The summed E-state index contributed by atoms with van der Waals surface area (Å²) in [6, 6.07) is 4.77. The Kier molecular flexibility index (Phi) is 3.20. The summed E-state index contributed by atoms with van der Waals surface area (Å²) in [5.41, 5.74) is 0.721. The molecule has 2 N–H and O–H groups in total. The van der Waals surface area contributed by atoms with Gasteiger partial charge in [0, 0.05) is 0 Å². The first-order valence-corrected chi connectivity index (χ1v) is 4.25. The molecule has 0 saturated heterocycles. The van der Waals surface area contributed by atoms with Gasteiger partial charge in [0.15, 0.2) is 0 Å². The molecule has 0 aromatic heterocycles. The van der Waals surface area contributed by atoms with Crippen LogP contribution in [0.15, 0.2) is 22.7 Å². The second-order valence-corrected chi connectivity index (χ2v) is 3.31. The Labute approximate surface area is 78.6 Å². The van der Waals surface area contributed by atoms with Gasteiger partial charge in [-0.3, -0.25) is 4.84 Å². The van der Waals surface area contributed by atoms with Gasteiger partial charge in [0.1, 0.15) is 11.9 Å². The lowest BCUT2D eigenvalue weighted by atomic mass is 10.1. The molecular formula is C8H9BrFNO. The fraction of sp³-hybridized carbons (Fsp3) is 0.250. The van der Waals surface area contributed by atoms with Crippen LogP contribution in [0.1, 0.15) is 18.6 Å². The van der Waals surface area contributed by atoms with Crippen molar-refractivity contribution in [1.82, 2.24) is 0 Å². The number of nitrogens with two attached hydrogens (primary N) is 1. The minimum Gasteiger partial charge on any atom is -0.297 e. The maximum absolute atomic E-state index is 12.9. The van der Waals surface area contributed by atoms with E-state index in [4.69, 9.17) is 5.90 Å². The molecule has 2 nitrogen and oxygen atoms in total. The second kappa shape index (κ2) is 3.98. The maximum Gasteiger partial charge on any atom is 0.137 e. The lowest BCUT2D eigenvalue weighted by Crippen LogP contribution is -2.05.